The molecule has 0 saturated heterocycles. The van der Waals surface area contributed by atoms with Crippen molar-refractivity contribution in [1.29, 1.82) is 0 Å². The molecule has 0 saturated carbocycles. The zero-order valence-electron chi connectivity index (χ0n) is 11.4. The van der Waals surface area contributed by atoms with Crippen molar-refractivity contribution < 1.29 is 13.6 Å². The fourth-order valence-electron chi connectivity index (χ4n) is 2.27. The molecule has 3 aromatic rings. The largest absolute Gasteiger partial charge is 0.291 e. The Morgan fingerprint density at radius 3 is 2.14 bits per heavy atom. The summed E-state index contributed by atoms with van der Waals surface area (Å²) in [5, 5.41) is 10.4. The first-order valence-corrected chi connectivity index (χ1v) is 7.84. The van der Waals surface area contributed by atoms with Crippen molar-refractivity contribution in [3.8, 4) is 0 Å². The highest BCUT2D eigenvalue weighted by molar-refractivity contribution is 7.91. The summed E-state index contributed by atoms with van der Waals surface area (Å²) < 4.78 is 25.5. The first-order chi connectivity index (χ1) is 10.1. The Morgan fingerprint density at radius 1 is 0.818 bits per heavy atom. The van der Waals surface area contributed by atoms with Gasteiger partial charge in [0.2, 0.25) is 9.84 Å². The van der Waals surface area contributed by atoms with Gasteiger partial charge in [0.1, 0.15) is 0 Å². The van der Waals surface area contributed by atoms with E-state index in [1.165, 1.54) is 24.3 Å². The number of nitrogens with one attached hydrogen (secondary N) is 1. The Balaban J connectivity index is 0.00000176. The molecule has 0 heterocycles. The van der Waals surface area contributed by atoms with E-state index in [0.29, 0.717) is 11.1 Å². The standard InChI is InChI=1S/C16H13NO3S.ClH/c18-17-13-8-10-14(11-9-13)21(19,20)16-7-3-5-12-4-1-2-6-15(12)16;/h1-11,17-18H;1H. The first kappa shape index (κ1) is 16.3. The van der Waals surface area contributed by atoms with Crippen LogP contribution in [0.2, 0.25) is 0 Å². The quantitative estimate of drug-likeness (QED) is 0.712. The van der Waals surface area contributed by atoms with Crippen LogP contribution in [0.4, 0.5) is 5.69 Å². The van der Waals surface area contributed by atoms with Crippen LogP contribution < -0.4 is 5.48 Å². The number of fused-ring (bicyclic) bond motifs is 1. The van der Waals surface area contributed by atoms with Crippen LogP contribution in [-0.2, 0) is 9.84 Å². The lowest BCUT2D eigenvalue weighted by Gasteiger charge is -2.09. The van der Waals surface area contributed by atoms with Crippen LogP contribution in [0.3, 0.4) is 0 Å². The predicted octanol–water partition coefficient (Wildman–Crippen LogP) is 3.90. The van der Waals surface area contributed by atoms with Crippen LogP contribution >= 0.6 is 12.4 Å². The van der Waals surface area contributed by atoms with Crippen molar-refractivity contribution in [3.63, 3.8) is 0 Å². The highest BCUT2D eigenvalue weighted by Gasteiger charge is 2.19. The van der Waals surface area contributed by atoms with E-state index in [9.17, 15) is 8.42 Å². The molecule has 0 radical (unpaired) electrons. The minimum Gasteiger partial charge on any atom is -0.291 e. The molecule has 3 aromatic carbocycles. The third-order valence-electron chi connectivity index (χ3n) is 3.33. The number of sulfone groups is 1. The Hall–Kier alpha value is -2.08. The van der Waals surface area contributed by atoms with Crippen molar-refractivity contribution >= 4 is 38.7 Å². The van der Waals surface area contributed by atoms with Gasteiger partial charge in [-0.25, -0.2) is 8.42 Å². The number of anilines is 1. The lowest BCUT2D eigenvalue weighted by molar-refractivity contribution is 0.389. The summed E-state index contributed by atoms with van der Waals surface area (Å²) in [5.74, 6) is 0. The smallest absolute Gasteiger partial charge is 0.207 e. The van der Waals surface area contributed by atoms with Crippen molar-refractivity contribution in [3.05, 3.63) is 66.7 Å². The molecule has 0 bridgehead atoms. The molecule has 0 aliphatic rings. The van der Waals surface area contributed by atoms with Gasteiger partial charge in [-0.2, -0.15) is 0 Å². The molecule has 0 atom stereocenters. The SMILES string of the molecule is Cl.O=S(=O)(c1ccc(NO)cc1)c1cccc2ccccc12. The molecule has 0 aliphatic carbocycles. The van der Waals surface area contributed by atoms with Gasteiger partial charge in [-0.15, -0.1) is 12.4 Å². The zero-order chi connectivity index (χ0) is 14.9. The molecular formula is C16H14ClNO3S. The maximum atomic E-state index is 12.8. The van der Waals surface area contributed by atoms with Gasteiger partial charge >= 0.3 is 0 Å². The molecule has 114 valence electrons. The number of benzene rings is 3. The molecule has 4 nitrogen and oxygen atoms in total. The van der Waals surface area contributed by atoms with Crippen LogP contribution in [0.25, 0.3) is 10.8 Å². The van der Waals surface area contributed by atoms with Crippen molar-refractivity contribution in [2.45, 2.75) is 9.79 Å². The molecule has 0 amide bonds. The summed E-state index contributed by atoms with van der Waals surface area (Å²) >= 11 is 0. The van der Waals surface area contributed by atoms with Gasteiger partial charge in [0.15, 0.2) is 0 Å². The molecule has 6 heteroatoms. The van der Waals surface area contributed by atoms with E-state index in [2.05, 4.69) is 0 Å². The normalized spacial score (nSPS) is 11.0. The Labute approximate surface area is 134 Å². The molecular weight excluding hydrogens is 322 g/mol. The minimum absolute atomic E-state index is 0. The maximum Gasteiger partial charge on any atom is 0.207 e. The molecule has 0 spiro atoms. The lowest BCUT2D eigenvalue weighted by atomic mass is 10.1. The minimum atomic E-state index is -3.60. The molecule has 3 rings (SSSR count). The number of halogens is 1. The number of hydrogen-bond acceptors (Lipinski definition) is 4. The molecule has 22 heavy (non-hydrogen) atoms. The Morgan fingerprint density at radius 2 is 1.45 bits per heavy atom. The maximum absolute atomic E-state index is 12.8. The van der Waals surface area contributed by atoms with E-state index in [1.54, 1.807) is 18.2 Å². The molecule has 0 aliphatic heterocycles. The Bertz CT molecular complexity index is 887. The van der Waals surface area contributed by atoms with Crippen molar-refractivity contribution in [2.24, 2.45) is 0 Å². The Kier molecular flexibility index (Phi) is 4.71. The van der Waals surface area contributed by atoms with E-state index >= 15 is 0 Å². The fourth-order valence-corrected chi connectivity index (χ4v) is 3.75. The van der Waals surface area contributed by atoms with E-state index in [0.717, 1.165) is 5.39 Å². The highest BCUT2D eigenvalue weighted by Crippen LogP contribution is 2.28. The van der Waals surface area contributed by atoms with Crippen molar-refractivity contribution in [2.75, 3.05) is 5.48 Å². The van der Waals surface area contributed by atoms with Gasteiger partial charge in [0.25, 0.3) is 0 Å². The molecule has 0 fully saturated rings. The summed E-state index contributed by atoms with van der Waals surface area (Å²) in [4.78, 5) is 0.475. The second-order valence-electron chi connectivity index (χ2n) is 4.62. The summed E-state index contributed by atoms with van der Waals surface area (Å²) in [6.07, 6.45) is 0. The van der Waals surface area contributed by atoms with Gasteiger partial charge in [0.05, 0.1) is 15.5 Å². The van der Waals surface area contributed by atoms with Crippen LogP contribution in [0.15, 0.2) is 76.5 Å². The van der Waals surface area contributed by atoms with Crippen LogP contribution in [-0.4, -0.2) is 13.6 Å². The van der Waals surface area contributed by atoms with Crippen LogP contribution in [0, 0.1) is 0 Å². The van der Waals surface area contributed by atoms with Gasteiger partial charge in [-0.3, -0.25) is 10.7 Å². The summed E-state index contributed by atoms with van der Waals surface area (Å²) in [5.41, 5.74) is 2.42. The van der Waals surface area contributed by atoms with E-state index < -0.39 is 9.84 Å². The predicted molar refractivity (Wildman–Crippen MR) is 88.5 cm³/mol. The van der Waals surface area contributed by atoms with Gasteiger partial charge in [-0.05, 0) is 35.7 Å². The number of rotatable bonds is 3. The highest BCUT2D eigenvalue weighted by atomic mass is 35.5. The van der Waals surface area contributed by atoms with E-state index in [4.69, 9.17) is 5.21 Å². The van der Waals surface area contributed by atoms with E-state index in [-0.39, 0.29) is 22.2 Å². The summed E-state index contributed by atoms with van der Waals surface area (Å²) in [7, 11) is -3.60. The van der Waals surface area contributed by atoms with E-state index in [1.807, 2.05) is 29.7 Å². The molecule has 0 aromatic heterocycles. The lowest BCUT2D eigenvalue weighted by Crippen LogP contribution is -2.03. The average molecular weight is 336 g/mol. The van der Waals surface area contributed by atoms with Crippen LogP contribution in [0.1, 0.15) is 0 Å². The van der Waals surface area contributed by atoms with Gasteiger partial charge in [0, 0.05) is 5.39 Å². The second-order valence-corrected chi connectivity index (χ2v) is 6.54. The van der Waals surface area contributed by atoms with Gasteiger partial charge < -0.3 is 0 Å². The topological polar surface area (TPSA) is 66.4 Å². The first-order valence-electron chi connectivity index (χ1n) is 6.36. The van der Waals surface area contributed by atoms with Gasteiger partial charge in [-0.1, -0.05) is 36.4 Å². The monoisotopic (exact) mass is 335 g/mol. The zero-order valence-corrected chi connectivity index (χ0v) is 13.1. The van der Waals surface area contributed by atoms with Crippen LogP contribution in [0.5, 0.6) is 0 Å². The molecule has 2 N–H and O–H groups in total. The second kappa shape index (κ2) is 6.36. The fraction of sp³-hybridized carbons (Fsp3) is 0. The average Bonchev–Trinajstić information content (AvgIpc) is 2.54. The number of hydrogen-bond donors (Lipinski definition) is 2. The molecule has 0 unspecified atom stereocenters. The summed E-state index contributed by atoms with van der Waals surface area (Å²) in [6, 6.07) is 18.6. The van der Waals surface area contributed by atoms with Crippen molar-refractivity contribution in [1.82, 2.24) is 0 Å². The summed E-state index contributed by atoms with van der Waals surface area (Å²) in [6.45, 7) is 0. The third-order valence-corrected chi connectivity index (χ3v) is 5.16. The third kappa shape index (κ3) is 2.78.